The highest BCUT2D eigenvalue weighted by molar-refractivity contribution is 7.90. The van der Waals surface area contributed by atoms with Crippen molar-refractivity contribution in [1.29, 1.82) is 0 Å². The maximum atomic E-state index is 13.5. The fourth-order valence-corrected chi connectivity index (χ4v) is 8.86. The molecule has 5 atom stereocenters. The third-order valence-corrected chi connectivity index (χ3v) is 12.7. The van der Waals surface area contributed by atoms with E-state index in [2.05, 4.69) is 21.2 Å². The van der Waals surface area contributed by atoms with Gasteiger partial charge in [0.25, 0.3) is 5.91 Å². The Bertz CT molecular complexity index is 1810. The van der Waals surface area contributed by atoms with Crippen molar-refractivity contribution in [1.82, 2.24) is 4.72 Å². The first kappa shape index (κ1) is 34.3. The van der Waals surface area contributed by atoms with Crippen LogP contribution in [0.2, 0.25) is 5.02 Å². The maximum Gasteiger partial charge on any atom is 0.264 e. The van der Waals surface area contributed by atoms with E-state index in [1.165, 1.54) is 0 Å². The minimum atomic E-state index is -4.02. The summed E-state index contributed by atoms with van der Waals surface area (Å²) in [6.07, 6.45) is 11.3. The van der Waals surface area contributed by atoms with Crippen LogP contribution in [-0.2, 0) is 27.8 Å². The van der Waals surface area contributed by atoms with Gasteiger partial charge in [0.1, 0.15) is 29.3 Å². The zero-order chi connectivity index (χ0) is 34.3. The van der Waals surface area contributed by atoms with E-state index in [-0.39, 0.29) is 17.4 Å². The molecule has 1 aliphatic carbocycles. The van der Waals surface area contributed by atoms with Crippen LogP contribution in [0.15, 0.2) is 77.5 Å². The Balaban J connectivity index is 1.50. The van der Waals surface area contributed by atoms with Crippen LogP contribution in [-0.4, -0.2) is 62.2 Å². The van der Waals surface area contributed by atoms with Crippen molar-refractivity contribution >= 4 is 39.4 Å². The third kappa shape index (κ3) is 6.42. The van der Waals surface area contributed by atoms with E-state index in [1.807, 2.05) is 31.2 Å². The highest BCUT2D eigenvalue weighted by atomic mass is 35.5. The van der Waals surface area contributed by atoms with Crippen LogP contribution in [0.5, 0.6) is 5.75 Å². The molecule has 9 nitrogen and oxygen atoms in total. The van der Waals surface area contributed by atoms with Gasteiger partial charge in [-0.2, -0.15) is 0 Å². The number of ether oxygens (including phenoxy) is 2. The molecule has 2 aromatic carbocycles. The first-order valence-electron chi connectivity index (χ1n) is 16.6. The number of halogens is 1. The number of aliphatic hydroxyl groups is 1. The van der Waals surface area contributed by atoms with Gasteiger partial charge in [-0.3, -0.25) is 9.79 Å². The number of anilines is 1. The molecule has 1 amide bonds. The van der Waals surface area contributed by atoms with Crippen LogP contribution in [0, 0.1) is 11.8 Å². The lowest BCUT2D eigenvalue weighted by atomic mass is 9.57. The molecule has 0 radical (unpaired) electrons. The molecule has 0 unspecified atom stereocenters. The van der Waals surface area contributed by atoms with Crippen molar-refractivity contribution in [3.63, 3.8) is 0 Å². The number of nitrogens with zero attached hydrogens (tertiary/aromatic N) is 2. The summed E-state index contributed by atoms with van der Waals surface area (Å²) in [5.74, 6) is -0.342. The second kappa shape index (κ2) is 13.4. The summed E-state index contributed by atoms with van der Waals surface area (Å²) in [5.41, 5.74) is 1.26. The van der Waals surface area contributed by atoms with E-state index < -0.39 is 32.4 Å². The second-order valence-corrected chi connectivity index (χ2v) is 16.0. The molecule has 48 heavy (non-hydrogen) atoms. The fraction of sp³-hybridized carbons (Fsp3) is 0.459. The highest BCUT2D eigenvalue weighted by Crippen LogP contribution is 2.57. The molecule has 2 aromatic rings. The number of hydrogen-bond acceptors (Lipinski definition) is 8. The van der Waals surface area contributed by atoms with Gasteiger partial charge in [0.2, 0.25) is 10.0 Å². The molecule has 3 heterocycles. The van der Waals surface area contributed by atoms with Gasteiger partial charge in [-0.15, -0.1) is 0 Å². The number of hydrogen-bond donors (Lipinski definition) is 2. The van der Waals surface area contributed by atoms with Crippen LogP contribution >= 0.6 is 11.6 Å². The van der Waals surface area contributed by atoms with E-state index in [4.69, 9.17) is 21.1 Å². The van der Waals surface area contributed by atoms with Gasteiger partial charge in [0, 0.05) is 41.9 Å². The number of benzene rings is 2. The van der Waals surface area contributed by atoms with Crippen LogP contribution in [0.4, 0.5) is 5.69 Å². The Labute approximate surface area is 288 Å². The Morgan fingerprint density at radius 3 is 2.73 bits per heavy atom. The Morgan fingerprint density at radius 1 is 1.17 bits per heavy atom. The molecule has 3 aliphatic heterocycles. The monoisotopic (exact) mass is 693 g/mol. The number of amides is 1. The molecule has 0 aromatic heterocycles. The number of carbonyl (C=O) groups excluding carboxylic acids is 1. The van der Waals surface area contributed by atoms with Gasteiger partial charge >= 0.3 is 0 Å². The van der Waals surface area contributed by atoms with E-state index in [9.17, 15) is 18.3 Å². The topological polar surface area (TPSA) is 118 Å². The number of rotatable bonds is 1. The van der Waals surface area contributed by atoms with E-state index in [1.54, 1.807) is 50.5 Å². The number of allylic oxidation sites excluding steroid dienone is 2. The summed E-state index contributed by atoms with van der Waals surface area (Å²) in [5, 5.41) is 12.3. The summed E-state index contributed by atoms with van der Waals surface area (Å²) in [6.45, 7) is 8.99. The third-order valence-electron chi connectivity index (χ3n) is 10.6. The van der Waals surface area contributed by atoms with Gasteiger partial charge in [0.15, 0.2) is 0 Å². The maximum absolute atomic E-state index is 13.5. The number of aryl methyl sites for hydroxylation is 1. The van der Waals surface area contributed by atoms with Gasteiger partial charge in [0.05, 0.1) is 17.5 Å². The van der Waals surface area contributed by atoms with Crippen molar-refractivity contribution in [3.05, 3.63) is 94.3 Å². The first-order valence-corrected chi connectivity index (χ1v) is 18.6. The molecule has 4 bridgehead atoms. The average molecular weight is 694 g/mol. The van der Waals surface area contributed by atoms with Crippen molar-refractivity contribution < 1.29 is 27.8 Å². The standard InChI is InChI=1S/C37H44ClN3O6S/c1-24-8-7-16-37(43)25(2)32(15-18-39-4)47-36(17-14-34(36)37)23-41-19-6-5-9-27-20-30(38)12-10-29(27)22-46-33-13-11-28(21-31(33)41)35(42)40-48(44,45)26(24)3/h7,10-13,15-16,18,20-21,24,26,34,43H,2,5-6,8-9,14,17,19,22-23H2,1,3-4H3,(H,40,42)/b16-7+,32-15+,39-18-/t24-,26+,34+,36-,37-/m0/s1. The van der Waals surface area contributed by atoms with Crippen molar-refractivity contribution in [2.24, 2.45) is 16.8 Å². The van der Waals surface area contributed by atoms with E-state index in [0.29, 0.717) is 66.8 Å². The van der Waals surface area contributed by atoms with E-state index >= 15 is 0 Å². The largest absolute Gasteiger partial charge is 0.487 e. The lowest BCUT2D eigenvalue weighted by Crippen LogP contribution is -2.67. The molecule has 2 N–H and O–H groups in total. The zero-order valence-electron chi connectivity index (χ0n) is 27.7. The number of sulfonamides is 1. The fourth-order valence-electron chi connectivity index (χ4n) is 7.38. The molecular weight excluding hydrogens is 650 g/mol. The number of nitrogens with one attached hydrogen (secondary N) is 1. The van der Waals surface area contributed by atoms with Gasteiger partial charge in [-0.1, -0.05) is 43.3 Å². The summed E-state index contributed by atoms with van der Waals surface area (Å²) >= 11 is 6.36. The van der Waals surface area contributed by atoms with Gasteiger partial charge in [-0.25, -0.2) is 13.1 Å². The molecule has 256 valence electrons. The molecular formula is C37H44ClN3O6S. The quantitative estimate of drug-likeness (QED) is 0.272. The van der Waals surface area contributed by atoms with Crippen molar-refractivity contribution in [2.45, 2.75) is 75.4 Å². The predicted octanol–water partition coefficient (Wildman–Crippen LogP) is 6.16. The molecule has 4 aliphatic rings. The van der Waals surface area contributed by atoms with Gasteiger partial charge in [-0.05, 0) is 98.9 Å². The normalized spacial score (nSPS) is 32.1. The molecule has 2 fully saturated rings. The summed E-state index contributed by atoms with van der Waals surface area (Å²) < 4.78 is 42.4. The van der Waals surface area contributed by atoms with Crippen LogP contribution < -0.4 is 14.4 Å². The average Bonchev–Trinajstić information content (AvgIpc) is 3.07. The Morgan fingerprint density at radius 2 is 1.98 bits per heavy atom. The number of fused-ring (bicyclic) bond motifs is 2. The minimum Gasteiger partial charge on any atom is -0.487 e. The van der Waals surface area contributed by atoms with E-state index in [0.717, 1.165) is 30.4 Å². The lowest BCUT2D eigenvalue weighted by molar-refractivity contribution is -0.185. The first-order chi connectivity index (χ1) is 22.9. The number of carbonyl (C=O) groups is 1. The zero-order valence-corrected chi connectivity index (χ0v) is 29.3. The van der Waals surface area contributed by atoms with Crippen molar-refractivity contribution in [3.8, 4) is 5.75 Å². The van der Waals surface area contributed by atoms with Crippen molar-refractivity contribution in [2.75, 3.05) is 25.0 Å². The summed E-state index contributed by atoms with van der Waals surface area (Å²) in [6, 6.07) is 10.9. The van der Waals surface area contributed by atoms with Crippen LogP contribution in [0.3, 0.4) is 0 Å². The highest BCUT2D eigenvalue weighted by Gasteiger charge is 2.63. The summed E-state index contributed by atoms with van der Waals surface area (Å²) in [7, 11) is -2.35. The molecule has 1 saturated heterocycles. The molecule has 6 rings (SSSR count). The molecule has 1 saturated carbocycles. The minimum absolute atomic E-state index is 0.205. The second-order valence-electron chi connectivity index (χ2n) is 13.6. The van der Waals surface area contributed by atoms with Crippen LogP contribution in [0.1, 0.15) is 67.4 Å². The predicted molar refractivity (Wildman–Crippen MR) is 189 cm³/mol. The summed E-state index contributed by atoms with van der Waals surface area (Å²) in [4.78, 5) is 19.8. The molecule has 0 spiro atoms. The molecule has 11 heteroatoms. The SMILES string of the molecule is C=C1/C(=C\C=N/C)O[C@]23CC[C@H]2[C@]1(O)/C=C/C[C@H](C)[C@@H](C)S(=O)(=O)NC(=O)c1ccc2c(c1)N(CCCCc1cc(Cl)ccc1CO2)C3. The lowest BCUT2D eigenvalue weighted by Gasteiger charge is -2.60. The Hall–Kier alpha value is -3.60. The Kier molecular flexibility index (Phi) is 9.54. The van der Waals surface area contributed by atoms with Gasteiger partial charge < -0.3 is 19.5 Å². The number of aliphatic imine (C=N–C) groups is 1. The smallest absolute Gasteiger partial charge is 0.264 e. The van der Waals surface area contributed by atoms with Crippen LogP contribution in [0.25, 0.3) is 0 Å².